The van der Waals surface area contributed by atoms with Crippen molar-refractivity contribution in [1.29, 1.82) is 0 Å². The molecule has 0 atom stereocenters. The van der Waals surface area contributed by atoms with Crippen LogP contribution in [0.1, 0.15) is 44.3 Å². The molecule has 0 aromatic heterocycles. The second kappa shape index (κ2) is 5.30. The largest absolute Gasteiger partial charge is 0.465 e. The molecule has 2 aromatic rings. The van der Waals surface area contributed by atoms with Crippen molar-refractivity contribution in [3.63, 3.8) is 0 Å². The summed E-state index contributed by atoms with van der Waals surface area (Å²) in [6, 6.07) is 9.04. The molecule has 0 bridgehead atoms. The first kappa shape index (κ1) is 14.3. The molecule has 1 aliphatic heterocycles. The molecule has 0 unspecified atom stereocenters. The second-order valence-electron chi connectivity index (χ2n) is 5.45. The first-order valence-electron chi connectivity index (χ1n) is 7.03. The van der Waals surface area contributed by atoms with E-state index in [1.807, 2.05) is 19.1 Å². The number of carbonyl (C=O) groups is 2. The minimum atomic E-state index is -0.373. The van der Waals surface area contributed by atoms with Crippen molar-refractivity contribution in [3.05, 3.63) is 58.1 Å². The number of methoxy groups -OCH3 is 1. The van der Waals surface area contributed by atoms with Gasteiger partial charge >= 0.3 is 5.97 Å². The van der Waals surface area contributed by atoms with Crippen molar-refractivity contribution < 1.29 is 19.1 Å². The molecule has 1 aliphatic rings. The predicted molar refractivity (Wildman–Crippen MR) is 81.8 cm³/mol. The molecule has 0 saturated heterocycles. The Morgan fingerprint density at radius 1 is 1.14 bits per heavy atom. The van der Waals surface area contributed by atoms with E-state index >= 15 is 0 Å². The van der Waals surface area contributed by atoms with Crippen LogP contribution in [0, 0.1) is 6.92 Å². The van der Waals surface area contributed by atoms with Gasteiger partial charge in [0.05, 0.1) is 18.2 Å². The Hall–Kier alpha value is -2.62. The topological polar surface area (TPSA) is 52.6 Å². The quantitative estimate of drug-likeness (QED) is 0.534. The molecule has 1 heterocycles. The number of ether oxygens (including phenoxy) is 2. The van der Waals surface area contributed by atoms with Crippen LogP contribution >= 0.6 is 0 Å². The number of hydrogen-bond donors (Lipinski definition) is 0. The minimum Gasteiger partial charge on any atom is -0.465 e. The fraction of sp³-hybridized carbons (Fsp3) is 0.222. The highest BCUT2D eigenvalue weighted by atomic mass is 16.5. The van der Waals surface area contributed by atoms with E-state index in [-0.39, 0.29) is 11.8 Å². The van der Waals surface area contributed by atoms with Gasteiger partial charge in [-0.05, 0) is 43.7 Å². The summed E-state index contributed by atoms with van der Waals surface area (Å²) in [5.74, 6) is 0.903. The molecule has 0 fully saturated rings. The lowest BCUT2D eigenvalue weighted by atomic mass is 9.94. The molecule has 0 saturated carbocycles. The zero-order valence-electron chi connectivity index (χ0n) is 12.7. The first-order valence-corrected chi connectivity index (χ1v) is 7.03. The van der Waals surface area contributed by atoms with Crippen LogP contribution in [0.3, 0.4) is 0 Å². The molecule has 2 aromatic carbocycles. The van der Waals surface area contributed by atoms with Crippen molar-refractivity contribution in [3.8, 4) is 11.5 Å². The third-order valence-corrected chi connectivity index (χ3v) is 3.76. The first-order chi connectivity index (χ1) is 10.5. The highest BCUT2D eigenvalue weighted by Gasteiger charge is 2.23. The molecule has 22 heavy (non-hydrogen) atoms. The Morgan fingerprint density at radius 3 is 2.59 bits per heavy atom. The van der Waals surface area contributed by atoms with Crippen LogP contribution in [-0.4, -0.2) is 18.9 Å². The standard InChI is InChI=1S/C18H16O4/c1-10-6-14-9-13-8-12(18(20)21-3)4-5-16(13)22-17(14)15(7-10)11(2)19/h4-8H,9H2,1-3H3. The van der Waals surface area contributed by atoms with Crippen LogP contribution in [0.5, 0.6) is 11.5 Å². The number of rotatable bonds is 2. The van der Waals surface area contributed by atoms with Crippen molar-refractivity contribution in [2.24, 2.45) is 0 Å². The molecular formula is C18H16O4. The molecule has 0 spiro atoms. The van der Waals surface area contributed by atoms with Crippen molar-refractivity contribution in [1.82, 2.24) is 0 Å². The van der Waals surface area contributed by atoms with E-state index in [2.05, 4.69) is 0 Å². The van der Waals surface area contributed by atoms with Crippen LogP contribution < -0.4 is 4.74 Å². The van der Waals surface area contributed by atoms with Gasteiger partial charge in [0.2, 0.25) is 0 Å². The fourth-order valence-corrected chi connectivity index (χ4v) is 2.74. The fourth-order valence-electron chi connectivity index (χ4n) is 2.74. The Kier molecular flexibility index (Phi) is 3.45. The van der Waals surface area contributed by atoms with E-state index in [0.717, 1.165) is 16.7 Å². The smallest absolute Gasteiger partial charge is 0.337 e. The van der Waals surface area contributed by atoms with Gasteiger partial charge in [-0.2, -0.15) is 0 Å². The summed E-state index contributed by atoms with van der Waals surface area (Å²) in [6.07, 6.45) is 0.622. The molecule has 3 rings (SSSR count). The normalized spacial score (nSPS) is 12.0. The van der Waals surface area contributed by atoms with Crippen molar-refractivity contribution in [2.75, 3.05) is 7.11 Å². The maximum absolute atomic E-state index is 11.8. The number of benzene rings is 2. The van der Waals surface area contributed by atoms with Gasteiger partial charge in [0.25, 0.3) is 0 Å². The van der Waals surface area contributed by atoms with Crippen molar-refractivity contribution in [2.45, 2.75) is 20.3 Å². The maximum Gasteiger partial charge on any atom is 0.337 e. The number of Topliss-reactive ketones (excluding diaryl/α,β-unsaturated/α-hetero) is 1. The van der Waals surface area contributed by atoms with Gasteiger partial charge in [0, 0.05) is 17.5 Å². The Labute approximate surface area is 128 Å². The highest BCUT2D eigenvalue weighted by molar-refractivity contribution is 5.98. The van der Waals surface area contributed by atoms with E-state index < -0.39 is 0 Å². The molecular weight excluding hydrogens is 280 g/mol. The van der Waals surface area contributed by atoms with E-state index in [4.69, 9.17) is 9.47 Å². The maximum atomic E-state index is 11.8. The number of carbonyl (C=O) groups excluding carboxylic acids is 2. The number of aryl methyl sites for hydroxylation is 1. The van der Waals surface area contributed by atoms with E-state index in [9.17, 15) is 9.59 Å². The Balaban J connectivity index is 2.07. The zero-order valence-corrected chi connectivity index (χ0v) is 12.7. The summed E-state index contributed by atoms with van der Waals surface area (Å²) in [5, 5.41) is 0. The second-order valence-corrected chi connectivity index (χ2v) is 5.45. The highest BCUT2D eigenvalue weighted by Crippen LogP contribution is 2.40. The summed E-state index contributed by atoms with van der Waals surface area (Å²) in [4.78, 5) is 23.5. The van der Waals surface area contributed by atoms with Crippen LogP contribution in [0.2, 0.25) is 0 Å². The molecule has 0 aliphatic carbocycles. The Morgan fingerprint density at radius 2 is 1.91 bits per heavy atom. The van der Waals surface area contributed by atoms with Gasteiger partial charge in [0.15, 0.2) is 5.78 Å². The molecule has 112 valence electrons. The lowest BCUT2D eigenvalue weighted by Crippen LogP contribution is -2.10. The number of esters is 1. The van der Waals surface area contributed by atoms with E-state index in [0.29, 0.717) is 29.0 Å². The monoisotopic (exact) mass is 296 g/mol. The van der Waals surface area contributed by atoms with Gasteiger partial charge in [-0.3, -0.25) is 4.79 Å². The van der Waals surface area contributed by atoms with Crippen LogP contribution in [0.15, 0.2) is 30.3 Å². The Bertz CT molecular complexity index is 790. The third-order valence-electron chi connectivity index (χ3n) is 3.76. The third kappa shape index (κ3) is 2.37. The summed E-state index contributed by atoms with van der Waals surface area (Å²) in [6.45, 7) is 3.49. The van der Waals surface area contributed by atoms with Crippen LogP contribution in [0.4, 0.5) is 0 Å². The van der Waals surface area contributed by atoms with Gasteiger partial charge in [-0.25, -0.2) is 4.79 Å². The van der Waals surface area contributed by atoms with Gasteiger partial charge in [0.1, 0.15) is 11.5 Å². The van der Waals surface area contributed by atoms with E-state index in [1.165, 1.54) is 14.0 Å². The lowest BCUT2D eigenvalue weighted by Gasteiger charge is -2.23. The van der Waals surface area contributed by atoms with Gasteiger partial charge in [-0.15, -0.1) is 0 Å². The number of fused-ring (bicyclic) bond motifs is 2. The van der Waals surface area contributed by atoms with Crippen molar-refractivity contribution >= 4 is 11.8 Å². The van der Waals surface area contributed by atoms with E-state index in [1.54, 1.807) is 18.2 Å². The summed E-state index contributed by atoms with van der Waals surface area (Å²) < 4.78 is 10.7. The average molecular weight is 296 g/mol. The van der Waals surface area contributed by atoms with Crippen LogP contribution in [-0.2, 0) is 11.2 Å². The molecule has 4 nitrogen and oxygen atoms in total. The summed E-state index contributed by atoms with van der Waals surface area (Å²) in [7, 11) is 1.36. The number of ketones is 1. The molecule has 4 heteroatoms. The SMILES string of the molecule is COC(=O)c1ccc2c(c1)Cc1cc(C)cc(C(C)=O)c1O2. The molecule has 0 amide bonds. The van der Waals surface area contributed by atoms with Gasteiger partial charge < -0.3 is 9.47 Å². The summed E-state index contributed by atoms with van der Waals surface area (Å²) in [5.41, 5.74) is 3.97. The zero-order chi connectivity index (χ0) is 15.9. The average Bonchev–Trinajstić information content (AvgIpc) is 2.50. The molecule has 0 radical (unpaired) electrons. The summed E-state index contributed by atoms with van der Waals surface area (Å²) >= 11 is 0. The minimum absolute atomic E-state index is 0.0189. The van der Waals surface area contributed by atoms with Gasteiger partial charge in [-0.1, -0.05) is 6.07 Å². The molecule has 0 N–H and O–H groups in total. The number of hydrogen-bond acceptors (Lipinski definition) is 4. The lowest BCUT2D eigenvalue weighted by molar-refractivity contribution is 0.0600. The predicted octanol–water partition coefficient (Wildman–Crippen LogP) is 3.68. The van der Waals surface area contributed by atoms with Crippen LogP contribution in [0.25, 0.3) is 0 Å².